The van der Waals surface area contributed by atoms with Crippen molar-refractivity contribution < 1.29 is 9.53 Å². The van der Waals surface area contributed by atoms with Gasteiger partial charge < -0.3 is 15.8 Å². The highest BCUT2D eigenvalue weighted by molar-refractivity contribution is 5.94. The third-order valence-electron chi connectivity index (χ3n) is 2.51. The smallest absolute Gasteiger partial charge is 0.248 e. The largest absolute Gasteiger partial charge is 0.495 e. The number of nitrogens with one attached hydrogen (secondary N) is 2. The number of hydrogen-bond acceptors (Lipinski definition) is 4. The summed E-state index contributed by atoms with van der Waals surface area (Å²) in [4.78, 5) is 11.1. The van der Waals surface area contributed by atoms with Crippen LogP contribution in [0.2, 0.25) is 0 Å². The quantitative estimate of drug-likeness (QED) is 0.737. The number of rotatable bonds is 5. The summed E-state index contributed by atoms with van der Waals surface area (Å²) < 4.78 is 5.21. The standard InChI is InChI=1S/C12H14N4O2/c1-18-11-3-2-8(12(13)17)6-10(11)14-7-9-4-5-15-16-9/h2-6,14H,7H2,1H3,(H2,13,17)(H,15,16). The van der Waals surface area contributed by atoms with Crippen molar-refractivity contribution in [2.45, 2.75) is 6.54 Å². The van der Waals surface area contributed by atoms with Crippen LogP contribution in [0.15, 0.2) is 30.5 Å². The number of carbonyl (C=O) groups is 1. The van der Waals surface area contributed by atoms with Crippen LogP contribution < -0.4 is 15.8 Å². The Balaban J connectivity index is 2.18. The molecule has 0 aliphatic carbocycles. The Kier molecular flexibility index (Phi) is 3.47. The number of benzene rings is 1. The van der Waals surface area contributed by atoms with Crippen LogP contribution in [-0.4, -0.2) is 23.2 Å². The van der Waals surface area contributed by atoms with Crippen LogP contribution in [0.4, 0.5) is 5.69 Å². The molecule has 0 spiro atoms. The molecular formula is C12H14N4O2. The number of nitrogens with two attached hydrogens (primary N) is 1. The average Bonchev–Trinajstić information content (AvgIpc) is 2.89. The van der Waals surface area contributed by atoms with Gasteiger partial charge in [0, 0.05) is 11.8 Å². The molecule has 0 aliphatic heterocycles. The lowest BCUT2D eigenvalue weighted by molar-refractivity contribution is 0.100. The normalized spacial score (nSPS) is 10.1. The van der Waals surface area contributed by atoms with Crippen LogP contribution in [0.3, 0.4) is 0 Å². The molecular weight excluding hydrogens is 232 g/mol. The van der Waals surface area contributed by atoms with Gasteiger partial charge in [-0.25, -0.2) is 0 Å². The number of ether oxygens (including phenoxy) is 1. The highest BCUT2D eigenvalue weighted by atomic mass is 16.5. The average molecular weight is 246 g/mol. The Bertz CT molecular complexity index is 537. The van der Waals surface area contributed by atoms with Crippen LogP contribution in [0.25, 0.3) is 0 Å². The topological polar surface area (TPSA) is 93.0 Å². The molecule has 2 aromatic rings. The van der Waals surface area contributed by atoms with Gasteiger partial charge in [-0.15, -0.1) is 0 Å². The second kappa shape index (κ2) is 5.22. The van der Waals surface area contributed by atoms with Gasteiger partial charge >= 0.3 is 0 Å². The van der Waals surface area contributed by atoms with Crippen molar-refractivity contribution in [3.63, 3.8) is 0 Å². The molecule has 0 unspecified atom stereocenters. The van der Waals surface area contributed by atoms with E-state index in [1.165, 1.54) is 0 Å². The number of nitrogens with zero attached hydrogens (tertiary/aromatic N) is 1. The molecule has 6 heteroatoms. The molecule has 0 bridgehead atoms. The lowest BCUT2D eigenvalue weighted by Crippen LogP contribution is -2.11. The molecule has 0 aliphatic rings. The first-order valence-corrected chi connectivity index (χ1v) is 5.40. The molecule has 0 saturated heterocycles. The van der Waals surface area contributed by atoms with E-state index in [9.17, 15) is 4.79 Å². The fraction of sp³-hybridized carbons (Fsp3) is 0.167. The summed E-state index contributed by atoms with van der Waals surface area (Å²) in [5, 5.41) is 9.85. The Morgan fingerprint density at radius 3 is 2.94 bits per heavy atom. The van der Waals surface area contributed by atoms with E-state index in [4.69, 9.17) is 10.5 Å². The van der Waals surface area contributed by atoms with Crippen molar-refractivity contribution in [3.05, 3.63) is 41.7 Å². The third-order valence-corrected chi connectivity index (χ3v) is 2.51. The van der Waals surface area contributed by atoms with Crippen molar-refractivity contribution in [3.8, 4) is 5.75 Å². The second-order valence-corrected chi connectivity index (χ2v) is 3.71. The number of aromatic nitrogens is 2. The summed E-state index contributed by atoms with van der Waals surface area (Å²) in [6.45, 7) is 0.554. The summed E-state index contributed by atoms with van der Waals surface area (Å²) in [5.41, 5.74) is 7.32. The highest BCUT2D eigenvalue weighted by Crippen LogP contribution is 2.25. The molecule has 0 radical (unpaired) electrons. The molecule has 1 heterocycles. The van der Waals surface area contributed by atoms with E-state index in [1.54, 1.807) is 31.5 Å². The van der Waals surface area contributed by atoms with Crippen LogP contribution in [0.1, 0.15) is 16.1 Å². The number of carbonyl (C=O) groups excluding carboxylic acids is 1. The Morgan fingerprint density at radius 1 is 1.50 bits per heavy atom. The molecule has 4 N–H and O–H groups in total. The highest BCUT2D eigenvalue weighted by Gasteiger charge is 2.07. The maximum Gasteiger partial charge on any atom is 0.248 e. The first kappa shape index (κ1) is 12.0. The van der Waals surface area contributed by atoms with Crippen molar-refractivity contribution in [2.24, 2.45) is 5.73 Å². The zero-order valence-electron chi connectivity index (χ0n) is 9.93. The van der Waals surface area contributed by atoms with Gasteiger partial charge in [0.05, 0.1) is 25.0 Å². The summed E-state index contributed by atoms with van der Waals surface area (Å²) in [5.74, 6) is 0.182. The SMILES string of the molecule is COc1ccc(C(N)=O)cc1NCc1ccn[nH]1. The summed E-state index contributed by atoms with van der Waals surface area (Å²) in [6.07, 6.45) is 1.67. The van der Waals surface area contributed by atoms with Gasteiger partial charge in [0.15, 0.2) is 0 Å². The van der Waals surface area contributed by atoms with Crippen LogP contribution in [-0.2, 0) is 6.54 Å². The molecule has 1 aromatic heterocycles. The van der Waals surface area contributed by atoms with Crippen LogP contribution >= 0.6 is 0 Å². The first-order chi connectivity index (χ1) is 8.70. The molecule has 0 fully saturated rings. The van der Waals surface area contributed by atoms with E-state index >= 15 is 0 Å². The van der Waals surface area contributed by atoms with Gasteiger partial charge in [-0.05, 0) is 24.3 Å². The number of primary amides is 1. The summed E-state index contributed by atoms with van der Waals surface area (Å²) in [6, 6.07) is 6.85. The number of hydrogen-bond donors (Lipinski definition) is 3. The first-order valence-electron chi connectivity index (χ1n) is 5.40. The lowest BCUT2D eigenvalue weighted by atomic mass is 10.1. The predicted octanol–water partition coefficient (Wildman–Crippen LogP) is 1.13. The molecule has 6 nitrogen and oxygen atoms in total. The molecule has 18 heavy (non-hydrogen) atoms. The summed E-state index contributed by atoms with van der Waals surface area (Å²) >= 11 is 0. The van der Waals surface area contributed by atoms with Crippen molar-refractivity contribution in [2.75, 3.05) is 12.4 Å². The fourth-order valence-corrected chi connectivity index (χ4v) is 1.57. The minimum absolute atomic E-state index is 0.433. The van der Waals surface area contributed by atoms with Gasteiger partial charge in [-0.2, -0.15) is 5.10 Å². The molecule has 2 rings (SSSR count). The van der Waals surface area contributed by atoms with Gasteiger partial charge in [-0.3, -0.25) is 9.89 Å². The van der Waals surface area contributed by atoms with E-state index in [2.05, 4.69) is 15.5 Å². The van der Waals surface area contributed by atoms with Crippen molar-refractivity contribution in [1.82, 2.24) is 10.2 Å². The van der Waals surface area contributed by atoms with E-state index in [0.29, 0.717) is 23.5 Å². The second-order valence-electron chi connectivity index (χ2n) is 3.71. The third kappa shape index (κ3) is 2.60. The van der Waals surface area contributed by atoms with E-state index < -0.39 is 5.91 Å². The number of aromatic amines is 1. The minimum Gasteiger partial charge on any atom is -0.495 e. The van der Waals surface area contributed by atoms with E-state index in [1.807, 2.05) is 6.07 Å². The minimum atomic E-state index is -0.470. The Hall–Kier alpha value is -2.50. The summed E-state index contributed by atoms with van der Waals surface area (Å²) in [7, 11) is 1.57. The maximum atomic E-state index is 11.1. The molecule has 94 valence electrons. The Morgan fingerprint density at radius 2 is 2.33 bits per heavy atom. The van der Waals surface area contributed by atoms with Crippen LogP contribution in [0, 0.1) is 0 Å². The van der Waals surface area contributed by atoms with Gasteiger partial charge in [0.2, 0.25) is 5.91 Å². The number of H-pyrrole nitrogens is 1. The monoisotopic (exact) mass is 246 g/mol. The zero-order chi connectivity index (χ0) is 13.0. The predicted molar refractivity (Wildman–Crippen MR) is 67.4 cm³/mol. The number of amides is 1. The van der Waals surface area contributed by atoms with Crippen molar-refractivity contribution in [1.29, 1.82) is 0 Å². The molecule has 0 atom stereocenters. The molecule has 1 amide bonds. The fourth-order valence-electron chi connectivity index (χ4n) is 1.57. The van der Waals surface area contributed by atoms with E-state index in [0.717, 1.165) is 5.69 Å². The Labute approximate surface area is 104 Å². The number of methoxy groups -OCH3 is 1. The van der Waals surface area contributed by atoms with Crippen molar-refractivity contribution >= 4 is 11.6 Å². The van der Waals surface area contributed by atoms with E-state index in [-0.39, 0.29) is 0 Å². The van der Waals surface area contributed by atoms with Gasteiger partial charge in [0.1, 0.15) is 5.75 Å². The van der Waals surface area contributed by atoms with Gasteiger partial charge in [-0.1, -0.05) is 0 Å². The molecule has 0 saturated carbocycles. The lowest BCUT2D eigenvalue weighted by Gasteiger charge is -2.11. The van der Waals surface area contributed by atoms with Crippen LogP contribution in [0.5, 0.6) is 5.75 Å². The number of anilines is 1. The zero-order valence-corrected chi connectivity index (χ0v) is 9.93. The van der Waals surface area contributed by atoms with Gasteiger partial charge in [0.25, 0.3) is 0 Å². The molecule has 1 aromatic carbocycles. The maximum absolute atomic E-state index is 11.1.